The van der Waals surface area contributed by atoms with E-state index >= 15 is 0 Å². The number of anilines is 1. The molecule has 1 unspecified atom stereocenters. The van der Waals surface area contributed by atoms with Gasteiger partial charge in [-0.05, 0) is 43.1 Å². The molecule has 0 amide bonds. The molecule has 94 valence electrons. The van der Waals surface area contributed by atoms with Gasteiger partial charge in [-0.1, -0.05) is 6.92 Å². The summed E-state index contributed by atoms with van der Waals surface area (Å²) in [5.74, 6) is 0.236. The molecule has 0 bridgehead atoms. The summed E-state index contributed by atoms with van der Waals surface area (Å²) in [6.45, 7) is 3.31. The summed E-state index contributed by atoms with van der Waals surface area (Å²) in [6, 6.07) is 4.70. The molecule has 18 heavy (non-hydrogen) atoms. The maximum Gasteiger partial charge on any atom is 0.240 e. The Kier molecular flexibility index (Phi) is 2.63. The molecule has 3 rings (SSSR count). The van der Waals surface area contributed by atoms with Gasteiger partial charge in [-0.2, -0.15) is 0 Å². The van der Waals surface area contributed by atoms with Gasteiger partial charge < -0.3 is 5.73 Å². The maximum absolute atomic E-state index is 5.60. The lowest BCUT2D eigenvalue weighted by Gasteiger charge is -2.34. The van der Waals surface area contributed by atoms with Gasteiger partial charge in [-0.3, -0.25) is 4.90 Å². The van der Waals surface area contributed by atoms with Gasteiger partial charge in [0, 0.05) is 12.6 Å². The molecule has 0 radical (unpaired) electrons. The number of benzene rings is 1. The summed E-state index contributed by atoms with van der Waals surface area (Å²) in [6.07, 6.45) is 2.16. The smallest absolute Gasteiger partial charge is 0.240 e. The fraction of sp³-hybridized carbons (Fsp3) is 0.462. The summed E-state index contributed by atoms with van der Waals surface area (Å²) in [4.78, 5) is 6.66. The van der Waals surface area contributed by atoms with Crippen LogP contribution in [0.25, 0.3) is 11.0 Å². The predicted molar refractivity (Wildman–Crippen MR) is 71.1 cm³/mol. The second kappa shape index (κ2) is 4.17. The van der Waals surface area contributed by atoms with Crippen LogP contribution in [-0.4, -0.2) is 33.7 Å². The molecule has 0 saturated carbocycles. The average Bonchev–Trinajstić information content (AvgIpc) is 2.36. The van der Waals surface area contributed by atoms with Crippen molar-refractivity contribution in [3.05, 3.63) is 23.3 Å². The fourth-order valence-electron chi connectivity index (χ4n) is 2.81. The first-order valence-electron chi connectivity index (χ1n) is 6.32. The normalized spacial score (nSPS) is 20.0. The van der Waals surface area contributed by atoms with E-state index in [1.807, 2.05) is 0 Å². The van der Waals surface area contributed by atoms with Crippen molar-refractivity contribution in [2.45, 2.75) is 25.8 Å². The average molecular weight is 243 g/mol. The van der Waals surface area contributed by atoms with Gasteiger partial charge in [0.2, 0.25) is 5.95 Å². The van der Waals surface area contributed by atoms with E-state index < -0.39 is 0 Å². The third kappa shape index (κ3) is 1.71. The molecule has 0 fully saturated rings. The Bertz CT molecular complexity index is 595. The molecule has 2 aromatic rings. The topological polar surface area (TPSA) is 67.9 Å². The van der Waals surface area contributed by atoms with E-state index in [0.717, 1.165) is 30.4 Å². The molecule has 0 spiro atoms. The highest BCUT2D eigenvalue weighted by molar-refractivity contribution is 5.76. The molecule has 1 aliphatic heterocycles. The molecular weight excluding hydrogens is 226 g/mol. The summed E-state index contributed by atoms with van der Waals surface area (Å²) in [7, 11) is 2.17. The molecule has 5 heteroatoms. The van der Waals surface area contributed by atoms with Crippen LogP contribution in [0.1, 0.15) is 30.5 Å². The number of nitrogens with zero attached hydrogens (tertiary/aromatic N) is 4. The van der Waals surface area contributed by atoms with Crippen LogP contribution in [-0.2, 0) is 6.42 Å². The molecule has 0 aliphatic carbocycles. The molecule has 5 nitrogen and oxygen atoms in total. The third-order valence-electron chi connectivity index (χ3n) is 3.74. The van der Waals surface area contributed by atoms with E-state index in [9.17, 15) is 0 Å². The van der Waals surface area contributed by atoms with Crippen LogP contribution in [0.3, 0.4) is 0 Å². The van der Waals surface area contributed by atoms with Crippen molar-refractivity contribution in [1.82, 2.24) is 20.1 Å². The summed E-state index contributed by atoms with van der Waals surface area (Å²) in [5, 5.41) is 7.92. The minimum Gasteiger partial charge on any atom is -0.366 e. The van der Waals surface area contributed by atoms with Crippen LogP contribution in [0.15, 0.2) is 12.1 Å². The van der Waals surface area contributed by atoms with Gasteiger partial charge in [0.25, 0.3) is 0 Å². The van der Waals surface area contributed by atoms with E-state index in [4.69, 9.17) is 5.73 Å². The van der Waals surface area contributed by atoms with E-state index in [-0.39, 0.29) is 5.95 Å². The fourth-order valence-corrected chi connectivity index (χ4v) is 2.81. The second-order valence-corrected chi connectivity index (χ2v) is 4.86. The number of fused-ring (bicyclic) bond motifs is 2. The van der Waals surface area contributed by atoms with E-state index in [2.05, 4.69) is 46.2 Å². The highest BCUT2D eigenvalue weighted by Gasteiger charge is 2.24. The van der Waals surface area contributed by atoms with Gasteiger partial charge in [0.15, 0.2) is 0 Å². The van der Waals surface area contributed by atoms with Gasteiger partial charge >= 0.3 is 0 Å². The van der Waals surface area contributed by atoms with Crippen molar-refractivity contribution < 1.29 is 0 Å². The summed E-state index contributed by atoms with van der Waals surface area (Å²) >= 11 is 0. The summed E-state index contributed by atoms with van der Waals surface area (Å²) < 4.78 is 0. The van der Waals surface area contributed by atoms with Crippen LogP contribution in [0.4, 0.5) is 5.95 Å². The Morgan fingerprint density at radius 2 is 2.17 bits per heavy atom. The highest BCUT2D eigenvalue weighted by Crippen LogP contribution is 2.32. The van der Waals surface area contributed by atoms with Gasteiger partial charge in [0.1, 0.15) is 5.52 Å². The van der Waals surface area contributed by atoms with E-state index in [1.54, 1.807) is 0 Å². The molecule has 2 heterocycles. The number of hydrogen-bond acceptors (Lipinski definition) is 5. The minimum absolute atomic E-state index is 0.236. The zero-order valence-corrected chi connectivity index (χ0v) is 10.7. The number of nitrogens with two attached hydrogens (primary N) is 1. The number of aromatic nitrogens is 3. The zero-order valence-electron chi connectivity index (χ0n) is 10.7. The van der Waals surface area contributed by atoms with E-state index in [1.165, 1.54) is 11.1 Å². The lowest BCUT2D eigenvalue weighted by atomic mass is 9.91. The van der Waals surface area contributed by atoms with Gasteiger partial charge in [-0.15, -0.1) is 10.2 Å². The number of likely N-dealkylation sites (N-methyl/N-ethyl adjacent to an activating group) is 1. The molecule has 0 saturated heterocycles. The number of rotatable bonds is 1. The molecular formula is C13H17N5. The molecule has 2 N–H and O–H groups in total. The van der Waals surface area contributed by atoms with Crippen molar-refractivity contribution >= 4 is 17.0 Å². The monoisotopic (exact) mass is 243 g/mol. The maximum atomic E-state index is 5.60. The zero-order chi connectivity index (χ0) is 12.7. The first kappa shape index (κ1) is 11.3. The standard InChI is InChI=1S/C13H17N5/c1-3-12-9-7-10-11(16-17-13(14)15-10)6-8(9)4-5-18(12)2/h6-7,12H,3-5H2,1-2H3,(H2,14,15,17). The number of hydrogen-bond donors (Lipinski definition) is 1. The van der Waals surface area contributed by atoms with Crippen molar-refractivity contribution in [3.63, 3.8) is 0 Å². The first-order valence-corrected chi connectivity index (χ1v) is 6.32. The predicted octanol–water partition coefficient (Wildman–Crippen LogP) is 1.55. The Morgan fingerprint density at radius 1 is 1.33 bits per heavy atom. The van der Waals surface area contributed by atoms with Crippen molar-refractivity contribution in [3.8, 4) is 0 Å². The van der Waals surface area contributed by atoms with Crippen LogP contribution in [0, 0.1) is 0 Å². The Morgan fingerprint density at radius 3 is 2.94 bits per heavy atom. The van der Waals surface area contributed by atoms with Crippen LogP contribution in [0.2, 0.25) is 0 Å². The van der Waals surface area contributed by atoms with Crippen LogP contribution in [0.5, 0.6) is 0 Å². The Labute approximate surface area is 106 Å². The van der Waals surface area contributed by atoms with E-state index in [0.29, 0.717) is 6.04 Å². The Balaban J connectivity index is 2.20. The largest absolute Gasteiger partial charge is 0.366 e. The van der Waals surface area contributed by atoms with Crippen LogP contribution >= 0.6 is 0 Å². The molecule has 1 atom stereocenters. The van der Waals surface area contributed by atoms with Crippen molar-refractivity contribution in [2.75, 3.05) is 19.3 Å². The molecule has 1 aromatic heterocycles. The lowest BCUT2D eigenvalue weighted by Crippen LogP contribution is -2.31. The van der Waals surface area contributed by atoms with Gasteiger partial charge in [-0.25, -0.2) is 4.98 Å². The van der Waals surface area contributed by atoms with Gasteiger partial charge in [0.05, 0.1) is 5.52 Å². The lowest BCUT2D eigenvalue weighted by molar-refractivity contribution is 0.225. The third-order valence-corrected chi connectivity index (χ3v) is 3.74. The molecule has 1 aromatic carbocycles. The second-order valence-electron chi connectivity index (χ2n) is 4.86. The Hall–Kier alpha value is -1.75. The van der Waals surface area contributed by atoms with Crippen LogP contribution < -0.4 is 5.73 Å². The summed E-state index contributed by atoms with van der Waals surface area (Å²) in [5.41, 5.74) is 10.0. The van der Waals surface area contributed by atoms with Crippen molar-refractivity contribution in [1.29, 1.82) is 0 Å². The first-order chi connectivity index (χ1) is 8.69. The molecule has 1 aliphatic rings. The SMILES string of the molecule is CCC1c2cc3nc(N)nnc3cc2CCN1C. The minimum atomic E-state index is 0.236. The number of nitrogen functional groups attached to an aromatic ring is 1. The van der Waals surface area contributed by atoms with Crippen molar-refractivity contribution in [2.24, 2.45) is 0 Å². The quantitative estimate of drug-likeness (QED) is 0.823. The highest BCUT2D eigenvalue weighted by atomic mass is 15.2.